The zero-order chi connectivity index (χ0) is 9.42. The Hall–Kier alpha value is -1.38. The Kier molecular flexibility index (Phi) is 2.89. The molecule has 0 aliphatic carbocycles. The minimum Gasteiger partial charge on any atom is -0.541 e. The molecular weight excluding hydrogens is 179 g/mol. The molecule has 0 saturated carbocycles. The molecule has 2 rings (SSSR count). The molecule has 0 bridgehead atoms. The first-order valence-corrected chi connectivity index (χ1v) is 3.57. The molecule has 0 atom stereocenters. The monoisotopic (exact) mass is 184 g/mol. The zero-order valence-electron chi connectivity index (χ0n) is 7.76. The van der Waals surface area contributed by atoms with Gasteiger partial charge in [0, 0.05) is 6.20 Å². The van der Waals surface area contributed by atoms with Crippen molar-refractivity contribution < 1.29 is 28.8 Å². The number of nitrogens with zero attached hydrogens (tertiary/aromatic N) is 4. The van der Waals surface area contributed by atoms with Crippen LogP contribution in [0.4, 0.5) is 0 Å². The van der Waals surface area contributed by atoms with Gasteiger partial charge in [0.1, 0.15) is 5.97 Å². The third-order valence-electron chi connectivity index (χ3n) is 1.60. The van der Waals surface area contributed by atoms with Crippen molar-refractivity contribution in [2.24, 2.45) is 0 Å². The van der Waals surface area contributed by atoms with Crippen molar-refractivity contribution in [3.8, 4) is 0 Å². The summed E-state index contributed by atoms with van der Waals surface area (Å²) < 4.78 is 1.33. The molecule has 0 saturated heterocycles. The molecule has 6 nitrogen and oxygen atoms in total. The van der Waals surface area contributed by atoms with Crippen molar-refractivity contribution in [1.29, 1.82) is 0 Å². The molecule has 2 aromatic rings. The number of hydrogen-bond donors (Lipinski definition) is 0. The van der Waals surface area contributed by atoms with E-state index >= 15 is 0 Å². The summed E-state index contributed by atoms with van der Waals surface area (Å²) in [5, 5.41) is 17.6. The number of aromatic carboxylic acids is 1. The first kappa shape index (κ1) is 10.7. The largest absolute Gasteiger partial charge is 1.00 e. The summed E-state index contributed by atoms with van der Waals surface area (Å²) in [6.45, 7) is 1.75. The summed E-state index contributed by atoms with van der Waals surface area (Å²) in [6, 6.07) is 0. The molecule has 0 N–H and O–H groups in total. The van der Waals surface area contributed by atoms with Gasteiger partial charge in [0.05, 0.1) is 11.9 Å². The van der Waals surface area contributed by atoms with Crippen LogP contribution < -0.4 is 24.0 Å². The average molecular weight is 184 g/mol. The molecule has 2 aromatic heterocycles. The van der Waals surface area contributed by atoms with Gasteiger partial charge in [-0.25, -0.2) is 0 Å². The molecule has 0 spiro atoms. The number of carbonyl (C=O) groups is 1. The standard InChI is InChI=1S/C7H6N4O2.Li/c1-4-3-11-5(2-8-4)9-10-6(11)7(12)13;/h2-3H,1H3,(H,12,13);/q;+1/p-1. The van der Waals surface area contributed by atoms with E-state index in [9.17, 15) is 9.90 Å². The van der Waals surface area contributed by atoms with Crippen LogP contribution in [0.3, 0.4) is 0 Å². The second-order valence-electron chi connectivity index (χ2n) is 2.57. The second kappa shape index (κ2) is 3.78. The van der Waals surface area contributed by atoms with E-state index in [2.05, 4.69) is 15.2 Å². The number of carboxylic acid groups (broad SMARTS) is 1. The van der Waals surface area contributed by atoms with Gasteiger partial charge in [0.15, 0.2) is 11.5 Å². The summed E-state index contributed by atoms with van der Waals surface area (Å²) in [4.78, 5) is 14.5. The van der Waals surface area contributed by atoms with Gasteiger partial charge in [-0.05, 0) is 6.92 Å². The maximum absolute atomic E-state index is 10.5. The molecular formula is C7H5LiN4O2. The molecule has 14 heavy (non-hydrogen) atoms. The number of aromatic nitrogens is 4. The maximum atomic E-state index is 10.5. The van der Waals surface area contributed by atoms with E-state index in [0.29, 0.717) is 11.3 Å². The predicted molar refractivity (Wildman–Crippen MR) is 39.8 cm³/mol. The van der Waals surface area contributed by atoms with Crippen molar-refractivity contribution in [3.05, 3.63) is 23.9 Å². The van der Waals surface area contributed by atoms with E-state index in [0.717, 1.165) is 0 Å². The number of hydrogen-bond acceptors (Lipinski definition) is 5. The Morgan fingerprint density at radius 1 is 1.50 bits per heavy atom. The van der Waals surface area contributed by atoms with Crippen LogP contribution in [-0.4, -0.2) is 25.6 Å². The van der Waals surface area contributed by atoms with E-state index < -0.39 is 5.97 Å². The minimum absolute atomic E-state index is 0. The van der Waals surface area contributed by atoms with Crippen LogP contribution in [0.2, 0.25) is 0 Å². The van der Waals surface area contributed by atoms with Crippen LogP contribution in [0.5, 0.6) is 0 Å². The van der Waals surface area contributed by atoms with Crippen LogP contribution in [0, 0.1) is 6.92 Å². The maximum Gasteiger partial charge on any atom is 1.00 e. The zero-order valence-corrected chi connectivity index (χ0v) is 7.76. The first-order valence-electron chi connectivity index (χ1n) is 3.57. The SMILES string of the molecule is Cc1cn2c(C(=O)[O-])nnc2cn1.[Li+]. The Morgan fingerprint density at radius 2 is 2.21 bits per heavy atom. The van der Waals surface area contributed by atoms with E-state index in [1.807, 2.05) is 0 Å². The van der Waals surface area contributed by atoms with Gasteiger partial charge in [-0.15, -0.1) is 10.2 Å². The van der Waals surface area contributed by atoms with E-state index in [4.69, 9.17) is 0 Å². The fourth-order valence-corrected chi connectivity index (χ4v) is 1.04. The third-order valence-corrected chi connectivity index (χ3v) is 1.60. The van der Waals surface area contributed by atoms with Crippen molar-refractivity contribution in [2.45, 2.75) is 6.92 Å². The molecule has 0 aromatic carbocycles. The molecule has 2 heterocycles. The molecule has 0 unspecified atom stereocenters. The average Bonchev–Trinajstić information content (AvgIpc) is 2.46. The molecule has 66 valence electrons. The fourth-order valence-electron chi connectivity index (χ4n) is 1.04. The molecule has 0 aliphatic heterocycles. The van der Waals surface area contributed by atoms with Crippen molar-refractivity contribution >= 4 is 11.6 Å². The van der Waals surface area contributed by atoms with E-state index in [-0.39, 0.29) is 24.7 Å². The Balaban J connectivity index is 0.000000980. The number of aryl methyl sites for hydroxylation is 1. The summed E-state index contributed by atoms with van der Waals surface area (Å²) in [7, 11) is 0. The number of fused-ring (bicyclic) bond motifs is 1. The van der Waals surface area contributed by atoms with Crippen LogP contribution in [0.15, 0.2) is 12.4 Å². The smallest absolute Gasteiger partial charge is 0.541 e. The van der Waals surface area contributed by atoms with Gasteiger partial charge >= 0.3 is 18.9 Å². The van der Waals surface area contributed by atoms with Crippen molar-refractivity contribution in [1.82, 2.24) is 19.6 Å². The van der Waals surface area contributed by atoms with Gasteiger partial charge < -0.3 is 9.90 Å². The van der Waals surface area contributed by atoms with Gasteiger partial charge in [0.25, 0.3) is 0 Å². The molecule has 0 radical (unpaired) electrons. The first-order chi connectivity index (χ1) is 6.18. The summed E-state index contributed by atoms with van der Waals surface area (Å²) >= 11 is 0. The number of rotatable bonds is 1. The van der Waals surface area contributed by atoms with E-state index in [1.165, 1.54) is 10.6 Å². The van der Waals surface area contributed by atoms with Crippen LogP contribution in [-0.2, 0) is 0 Å². The molecule has 0 fully saturated rings. The third kappa shape index (κ3) is 1.62. The molecule has 0 aliphatic rings. The van der Waals surface area contributed by atoms with Crippen molar-refractivity contribution in [2.75, 3.05) is 0 Å². The quantitative estimate of drug-likeness (QED) is 0.419. The number of carboxylic acids is 1. The minimum atomic E-state index is -1.35. The summed E-state index contributed by atoms with van der Waals surface area (Å²) in [5.74, 6) is -1.56. The van der Waals surface area contributed by atoms with Gasteiger partial charge in [0.2, 0.25) is 0 Å². The second-order valence-corrected chi connectivity index (χ2v) is 2.57. The van der Waals surface area contributed by atoms with Crippen LogP contribution in [0.25, 0.3) is 5.65 Å². The van der Waals surface area contributed by atoms with Crippen LogP contribution in [0.1, 0.15) is 16.3 Å². The Bertz CT molecular complexity index is 481. The van der Waals surface area contributed by atoms with Crippen molar-refractivity contribution in [3.63, 3.8) is 0 Å². The molecule has 7 heteroatoms. The normalized spacial score (nSPS) is 9.79. The van der Waals surface area contributed by atoms with E-state index in [1.54, 1.807) is 13.1 Å². The van der Waals surface area contributed by atoms with Gasteiger partial charge in [-0.1, -0.05) is 0 Å². The predicted octanol–water partition coefficient (Wildman–Crippen LogP) is -4.20. The number of carbonyl (C=O) groups excluding carboxylic acids is 1. The van der Waals surface area contributed by atoms with Gasteiger partial charge in [-0.3, -0.25) is 9.38 Å². The molecule has 0 amide bonds. The summed E-state index contributed by atoms with van der Waals surface area (Å²) in [5.41, 5.74) is 1.08. The van der Waals surface area contributed by atoms with Gasteiger partial charge in [-0.2, -0.15) is 0 Å². The Morgan fingerprint density at radius 3 is 2.86 bits per heavy atom. The summed E-state index contributed by atoms with van der Waals surface area (Å²) in [6.07, 6.45) is 3.00. The fraction of sp³-hybridized carbons (Fsp3) is 0.143. The topological polar surface area (TPSA) is 83.2 Å². The Labute approximate surface area is 91.2 Å². The van der Waals surface area contributed by atoms with Crippen LogP contribution >= 0.6 is 0 Å².